The summed E-state index contributed by atoms with van der Waals surface area (Å²) in [5.41, 5.74) is 1.68. The van der Waals surface area contributed by atoms with E-state index in [4.69, 9.17) is 9.84 Å². The number of fused-ring (bicyclic) bond motifs is 1. The van der Waals surface area contributed by atoms with Gasteiger partial charge in [0.1, 0.15) is 11.6 Å². The molecule has 7 nitrogen and oxygen atoms in total. The minimum absolute atomic E-state index is 0.103. The third-order valence-corrected chi connectivity index (χ3v) is 3.64. The van der Waals surface area contributed by atoms with Crippen LogP contribution in [0.3, 0.4) is 0 Å². The second-order valence-electron chi connectivity index (χ2n) is 5.10. The number of aliphatic carboxylic acids is 1. The molecule has 1 amide bonds. The molecule has 2 heterocycles. The summed E-state index contributed by atoms with van der Waals surface area (Å²) in [6.45, 7) is -0.421. The Morgan fingerprint density at radius 1 is 1.45 bits per heavy atom. The first-order chi connectivity index (χ1) is 10.6. The Labute approximate surface area is 126 Å². The molecule has 22 heavy (non-hydrogen) atoms. The third kappa shape index (κ3) is 2.52. The van der Waals surface area contributed by atoms with Gasteiger partial charge in [-0.15, -0.1) is 0 Å². The van der Waals surface area contributed by atoms with Crippen molar-refractivity contribution in [3.8, 4) is 5.75 Å². The van der Waals surface area contributed by atoms with Gasteiger partial charge >= 0.3 is 5.97 Å². The van der Waals surface area contributed by atoms with E-state index in [1.165, 1.54) is 0 Å². The van der Waals surface area contributed by atoms with Crippen molar-refractivity contribution < 1.29 is 19.4 Å². The number of para-hydroxylation sites is 1. The maximum Gasteiger partial charge on any atom is 0.341 e. The second kappa shape index (κ2) is 5.51. The molecule has 114 valence electrons. The van der Waals surface area contributed by atoms with Crippen molar-refractivity contribution in [2.75, 3.05) is 11.9 Å². The van der Waals surface area contributed by atoms with Crippen molar-refractivity contribution in [2.45, 2.75) is 12.3 Å². The lowest BCUT2D eigenvalue weighted by molar-refractivity contribution is -0.139. The van der Waals surface area contributed by atoms with Crippen LogP contribution in [0.2, 0.25) is 0 Å². The topological polar surface area (TPSA) is 93.5 Å². The van der Waals surface area contributed by atoms with Gasteiger partial charge in [0, 0.05) is 30.5 Å². The fourth-order valence-electron chi connectivity index (χ4n) is 2.66. The number of carboxylic acids is 1. The number of aryl methyl sites for hydroxylation is 1. The van der Waals surface area contributed by atoms with Gasteiger partial charge in [-0.3, -0.25) is 9.48 Å². The van der Waals surface area contributed by atoms with E-state index in [1.807, 2.05) is 12.1 Å². The average molecular weight is 301 g/mol. The van der Waals surface area contributed by atoms with E-state index in [9.17, 15) is 9.59 Å². The molecule has 0 bridgehead atoms. The average Bonchev–Trinajstić information content (AvgIpc) is 2.86. The van der Waals surface area contributed by atoms with Crippen LogP contribution >= 0.6 is 0 Å². The molecule has 0 unspecified atom stereocenters. The van der Waals surface area contributed by atoms with Crippen molar-refractivity contribution in [1.82, 2.24) is 9.78 Å². The number of amides is 1. The van der Waals surface area contributed by atoms with Gasteiger partial charge in [-0.25, -0.2) is 4.79 Å². The van der Waals surface area contributed by atoms with E-state index in [-0.39, 0.29) is 18.2 Å². The van der Waals surface area contributed by atoms with Gasteiger partial charge in [-0.1, -0.05) is 18.2 Å². The van der Waals surface area contributed by atoms with Crippen molar-refractivity contribution >= 4 is 17.7 Å². The first-order valence-electron chi connectivity index (χ1n) is 6.81. The van der Waals surface area contributed by atoms with Crippen LogP contribution in [0.25, 0.3) is 0 Å². The van der Waals surface area contributed by atoms with E-state index >= 15 is 0 Å². The molecule has 2 N–H and O–H groups in total. The highest BCUT2D eigenvalue weighted by molar-refractivity contribution is 5.94. The molecule has 1 aromatic carbocycles. The number of anilines is 1. The molecular weight excluding hydrogens is 286 g/mol. The Balaban J connectivity index is 2.01. The number of nitrogens with zero attached hydrogens (tertiary/aromatic N) is 2. The summed E-state index contributed by atoms with van der Waals surface area (Å²) in [5, 5.41) is 15.8. The fourth-order valence-corrected chi connectivity index (χ4v) is 2.66. The minimum Gasteiger partial charge on any atom is -0.482 e. The third-order valence-electron chi connectivity index (χ3n) is 3.64. The Morgan fingerprint density at radius 2 is 2.23 bits per heavy atom. The molecular formula is C15H15N3O4. The number of carbonyl (C=O) groups excluding carboxylic acids is 1. The van der Waals surface area contributed by atoms with Crippen molar-refractivity contribution in [1.29, 1.82) is 0 Å². The summed E-state index contributed by atoms with van der Waals surface area (Å²) in [7, 11) is 1.76. The fraction of sp³-hybridized carbons (Fsp3) is 0.267. The smallest absolute Gasteiger partial charge is 0.341 e. The SMILES string of the molecule is Cn1ncc2c1NC(=O)C[C@@H]2c1ccccc1OCC(=O)O. The van der Waals surface area contributed by atoms with Crippen LogP contribution < -0.4 is 10.1 Å². The minimum atomic E-state index is -1.04. The Bertz CT molecular complexity index is 738. The Morgan fingerprint density at radius 3 is 3.00 bits per heavy atom. The lowest BCUT2D eigenvalue weighted by Crippen LogP contribution is -2.24. The van der Waals surface area contributed by atoms with E-state index in [0.29, 0.717) is 11.6 Å². The first-order valence-corrected chi connectivity index (χ1v) is 6.81. The lowest BCUT2D eigenvalue weighted by atomic mass is 9.87. The number of rotatable bonds is 4. The van der Waals surface area contributed by atoms with Crippen molar-refractivity contribution in [3.63, 3.8) is 0 Å². The molecule has 0 fully saturated rings. The normalized spacial score (nSPS) is 16.8. The molecule has 7 heteroatoms. The second-order valence-corrected chi connectivity index (χ2v) is 5.10. The zero-order valence-electron chi connectivity index (χ0n) is 11.9. The van der Waals surface area contributed by atoms with Gasteiger partial charge in [-0.05, 0) is 6.07 Å². The summed E-state index contributed by atoms with van der Waals surface area (Å²) in [6.07, 6.45) is 1.99. The molecule has 1 atom stereocenters. The van der Waals surface area contributed by atoms with E-state index in [0.717, 1.165) is 11.1 Å². The summed E-state index contributed by atoms with van der Waals surface area (Å²) in [5.74, 6) is -0.219. The van der Waals surface area contributed by atoms with Crippen LogP contribution in [0.4, 0.5) is 5.82 Å². The predicted molar refractivity (Wildman–Crippen MR) is 77.9 cm³/mol. The van der Waals surface area contributed by atoms with Gasteiger partial charge in [0.25, 0.3) is 0 Å². The Kier molecular flexibility index (Phi) is 3.54. The highest BCUT2D eigenvalue weighted by Crippen LogP contribution is 2.40. The highest BCUT2D eigenvalue weighted by Gasteiger charge is 2.31. The first kappa shape index (κ1) is 14.1. The zero-order valence-corrected chi connectivity index (χ0v) is 11.9. The molecule has 1 aromatic heterocycles. The van der Waals surface area contributed by atoms with E-state index < -0.39 is 12.6 Å². The molecule has 0 spiro atoms. The molecule has 1 aliphatic rings. The number of nitrogens with one attached hydrogen (secondary N) is 1. The number of carbonyl (C=O) groups is 2. The van der Waals surface area contributed by atoms with Crippen molar-refractivity contribution in [3.05, 3.63) is 41.6 Å². The zero-order chi connectivity index (χ0) is 15.7. The molecule has 0 radical (unpaired) electrons. The van der Waals surface area contributed by atoms with Crippen LogP contribution in [0.5, 0.6) is 5.75 Å². The molecule has 0 aliphatic carbocycles. The number of ether oxygens (including phenoxy) is 1. The van der Waals surface area contributed by atoms with Crippen LogP contribution in [0, 0.1) is 0 Å². The predicted octanol–water partition coefficient (Wildman–Crippen LogP) is 1.36. The van der Waals surface area contributed by atoms with Crippen LogP contribution in [0.1, 0.15) is 23.5 Å². The molecule has 0 saturated carbocycles. The number of benzene rings is 1. The summed E-state index contributed by atoms with van der Waals surface area (Å²) in [4.78, 5) is 22.7. The standard InChI is InChI=1S/C15H15N3O4/c1-18-15-11(7-16-18)10(6-13(19)17-15)9-4-2-3-5-12(9)22-8-14(20)21/h2-5,7,10H,6,8H2,1H3,(H,17,19)(H,20,21)/t10-/m1/s1. The number of carboxylic acid groups (broad SMARTS) is 1. The molecule has 3 rings (SSSR count). The van der Waals surface area contributed by atoms with Crippen molar-refractivity contribution in [2.24, 2.45) is 7.05 Å². The highest BCUT2D eigenvalue weighted by atomic mass is 16.5. The summed E-state index contributed by atoms with van der Waals surface area (Å²) in [6, 6.07) is 7.16. The van der Waals surface area contributed by atoms with Gasteiger partial charge in [-0.2, -0.15) is 5.10 Å². The maximum absolute atomic E-state index is 11.9. The lowest BCUT2D eigenvalue weighted by Gasteiger charge is -2.24. The molecule has 1 aliphatic heterocycles. The molecule has 0 saturated heterocycles. The number of hydrogen-bond acceptors (Lipinski definition) is 4. The summed E-state index contributed by atoms with van der Waals surface area (Å²) >= 11 is 0. The summed E-state index contributed by atoms with van der Waals surface area (Å²) < 4.78 is 6.96. The van der Waals surface area contributed by atoms with Gasteiger partial charge in [0.2, 0.25) is 5.91 Å². The van der Waals surface area contributed by atoms with Crippen LogP contribution in [-0.2, 0) is 16.6 Å². The quantitative estimate of drug-likeness (QED) is 0.889. The van der Waals surface area contributed by atoms with Gasteiger partial charge in [0.15, 0.2) is 6.61 Å². The van der Waals surface area contributed by atoms with Gasteiger partial charge in [0.05, 0.1) is 6.20 Å². The number of aromatic nitrogens is 2. The van der Waals surface area contributed by atoms with Crippen LogP contribution in [-0.4, -0.2) is 33.4 Å². The molecule has 2 aromatic rings. The van der Waals surface area contributed by atoms with E-state index in [1.54, 1.807) is 30.1 Å². The maximum atomic E-state index is 11.9. The number of hydrogen-bond donors (Lipinski definition) is 2. The van der Waals surface area contributed by atoms with Gasteiger partial charge < -0.3 is 15.2 Å². The van der Waals surface area contributed by atoms with E-state index in [2.05, 4.69) is 10.4 Å². The Hall–Kier alpha value is -2.83. The monoisotopic (exact) mass is 301 g/mol. The largest absolute Gasteiger partial charge is 0.482 e. The van der Waals surface area contributed by atoms with Crippen LogP contribution in [0.15, 0.2) is 30.5 Å².